The van der Waals surface area contributed by atoms with Crippen molar-refractivity contribution in [2.24, 2.45) is 0 Å². The molecule has 0 bridgehead atoms. The van der Waals surface area contributed by atoms with E-state index in [4.69, 9.17) is 9.26 Å². The number of hydrogen-bond acceptors (Lipinski definition) is 7. The van der Waals surface area contributed by atoms with Gasteiger partial charge in [0.25, 0.3) is 5.91 Å². The summed E-state index contributed by atoms with van der Waals surface area (Å²) in [5.41, 5.74) is 2.39. The maximum absolute atomic E-state index is 14.1. The van der Waals surface area contributed by atoms with Crippen LogP contribution in [0.5, 0.6) is 5.75 Å². The minimum atomic E-state index is -0.516. The number of aromatic nitrogens is 5. The quantitative estimate of drug-likeness (QED) is 0.458. The Hall–Kier alpha value is -4.08. The number of methoxy groups -OCH3 is 1. The summed E-state index contributed by atoms with van der Waals surface area (Å²) in [6, 6.07) is 9.63. The number of hydrogen-bond donors (Lipinski definition) is 0. The van der Waals surface area contributed by atoms with Crippen LogP contribution in [0.1, 0.15) is 40.7 Å². The lowest BCUT2D eigenvalue weighted by molar-refractivity contribution is 0.0709. The summed E-state index contributed by atoms with van der Waals surface area (Å²) in [5.74, 6) is -0.138. The molecule has 1 amide bonds. The highest BCUT2D eigenvalue weighted by Gasteiger charge is 2.36. The van der Waals surface area contributed by atoms with E-state index in [2.05, 4.69) is 20.3 Å². The summed E-state index contributed by atoms with van der Waals surface area (Å²) in [7, 11) is 1.38. The highest BCUT2D eigenvalue weighted by molar-refractivity contribution is 5.98. The maximum Gasteiger partial charge on any atom is 0.256 e. The molecule has 9 nitrogen and oxygen atoms in total. The van der Waals surface area contributed by atoms with E-state index in [0.29, 0.717) is 35.7 Å². The highest BCUT2D eigenvalue weighted by Crippen LogP contribution is 2.36. The van der Waals surface area contributed by atoms with Crippen molar-refractivity contribution >= 4 is 5.91 Å². The number of nitrogens with zero attached hydrogens (tertiary/aromatic N) is 6. The van der Waals surface area contributed by atoms with Crippen molar-refractivity contribution in [3.63, 3.8) is 0 Å². The predicted molar refractivity (Wildman–Crippen MR) is 115 cm³/mol. The lowest BCUT2D eigenvalue weighted by Gasteiger charge is -2.23. The summed E-state index contributed by atoms with van der Waals surface area (Å²) < 4.78 is 24.8. The second kappa shape index (κ2) is 8.45. The van der Waals surface area contributed by atoms with Crippen LogP contribution in [0.2, 0.25) is 0 Å². The first-order valence-corrected chi connectivity index (χ1v) is 10.5. The standard InChI is InChI=1S/C23H21FN6O3/c1-14-6-3-7-15(19(14)30-25-11-12-26-30)23(31)29-13-5-10-18(29)22-27-21(28-33-22)16-8-4-9-17(24)20(16)32-2/h3-4,6-9,11-12,18H,5,10,13H2,1-2H3. The monoisotopic (exact) mass is 448 g/mol. The van der Waals surface area contributed by atoms with Gasteiger partial charge in [-0.3, -0.25) is 4.79 Å². The molecule has 33 heavy (non-hydrogen) atoms. The Morgan fingerprint density at radius 1 is 1.18 bits per heavy atom. The van der Waals surface area contributed by atoms with Gasteiger partial charge in [0.05, 0.1) is 30.6 Å². The van der Waals surface area contributed by atoms with E-state index in [1.807, 2.05) is 19.1 Å². The second-order valence-electron chi connectivity index (χ2n) is 7.72. The van der Waals surface area contributed by atoms with Crippen molar-refractivity contribution in [1.29, 1.82) is 0 Å². The van der Waals surface area contributed by atoms with Crippen LogP contribution in [0.25, 0.3) is 17.1 Å². The third kappa shape index (κ3) is 3.63. The topological polar surface area (TPSA) is 99.2 Å². The second-order valence-corrected chi connectivity index (χ2v) is 7.72. The van der Waals surface area contributed by atoms with Crippen LogP contribution in [0, 0.1) is 12.7 Å². The first-order valence-electron chi connectivity index (χ1n) is 10.5. The van der Waals surface area contributed by atoms with Crippen LogP contribution in [-0.4, -0.2) is 49.6 Å². The molecule has 0 aliphatic carbocycles. The molecule has 5 rings (SSSR count). The number of carbonyl (C=O) groups excluding carboxylic acids is 1. The molecule has 168 valence electrons. The molecule has 1 unspecified atom stereocenters. The molecule has 1 aliphatic rings. The number of likely N-dealkylation sites (tertiary alicyclic amines) is 1. The van der Waals surface area contributed by atoms with Gasteiger partial charge in [-0.05, 0) is 43.5 Å². The molecular weight excluding hydrogens is 427 g/mol. The van der Waals surface area contributed by atoms with Crippen molar-refractivity contribution in [2.75, 3.05) is 13.7 Å². The molecule has 1 fully saturated rings. The average Bonchev–Trinajstić information content (AvgIpc) is 3.59. The number of ether oxygens (including phenoxy) is 1. The molecule has 2 aromatic carbocycles. The smallest absolute Gasteiger partial charge is 0.256 e. The zero-order valence-corrected chi connectivity index (χ0v) is 18.1. The number of amides is 1. The van der Waals surface area contributed by atoms with Crippen molar-refractivity contribution in [3.05, 3.63) is 71.6 Å². The van der Waals surface area contributed by atoms with Crippen LogP contribution in [0.15, 0.2) is 53.3 Å². The molecule has 1 atom stereocenters. The van der Waals surface area contributed by atoms with Gasteiger partial charge in [-0.25, -0.2) is 4.39 Å². The van der Waals surface area contributed by atoms with Crippen LogP contribution in [-0.2, 0) is 0 Å². The van der Waals surface area contributed by atoms with Gasteiger partial charge in [-0.2, -0.15) is 20.0 Å². The molecule has 0 spiro atoms. The summed E-state index contributed by atoms with van der Waals surface area (Å²) >= 11 is 0. The molecule has 0 radical (unpaired) electrons. The number of para-hydroxylation sites is 2. The van der Waals surface area contributed by atoms with E-state index in [0.717, 1.165) is 12.0 Å². The Bertz CT molecular complexity index is 1300. The fraction of sp³-hybridized carbons (Fsp3) is 0.261. The Kier molecular flexibility index (Phi) is 5.33. The van der Waals surface area contributed by atoms with Crippen LogP contribution in [0.4, 0.5) is 4.39 Å². The number of aryl methyl sites for hydroxylation is 1. The molecule has 1 aliphatic heterocycles. The Morgan fingerprint density at radius 2 is 1.97 bits per heavy atom. The Balaban J connectivity index is 1.48. The first-order chi connectivity index (χ1) is 16.1. The number of halogens is 1. The fourth-order valence-electron chi connectivity index (χ4n) is 4.22. The van der Waals surface area contributed by atoms with Gasteiger partial charge < -0.3 is 14.2 Å². The predicted octanol–water partition coefficient (Wildman–Crippen LogP) is 3.75. The Morgan fingerprint density at radius 3 is 2.76 bits per heavy atom. The van der Waals surface area contributed by atoms with E-state index in [9.17, 15) is 9.18 Å². The summed E-state index contributed by atoms with van der Waals surface area (Å²) in [6.45, 7) is 2.46. The molecule has 3 heterocycles. The van der Waals surface area contributed by atoms with Gasteiger partial charge in [0.15, 0.2) is 11.6 Å². The SMILES string of the molecule is COc1c(F)cccc1-c1noc(C2CCCN2C(=O)c2cccc(C)c2-n2nccn2)n1. The zero-order valence-electron chi connectivity index (χ0n) is 18.1. The molecule has 10 heteroatoms. The lowest BCUT2D eigenvalue weighted by Crippen LogP contribution is -2.32. The van der Waals surface area contributed by atoms with Crippen LogP contribution in [0.3, 0.4) is 0 Å². The van der Waals surface area contributed by atoms with Gasteiger partial charge in [0.1, 0.15) is 11.7 Å². The molecule has 0 saturated carbocycles. The van der Waals surface area contributed by atoms with E-state index in [1.165, 1.54) is 18.0 Å². The molecule has 0 N–H and O–H groups in total. The molecule has 2 aromatic heterocycles. The largest absolute Gasteiger partial charge is 0.493 e. The van der Waals surface area contributed by atoms with Crippen molar-refractivity contribution < 1.29 is 18.4 Å². The summed E-state index contributed by atoms with van der Waals surface area (Å²) in [5, 5.41) is 12.4. The molecular formula is C23H21FN6O3. The molecule has 1 saturated heterocycles. The van der Waals surface area contributed by atoms with E-state index in [1.54, 1.807) is 35.5 Å². The fourth-order valence-corrected chi connectivity index (χ4v) is 4.22. The Labute approximate surface area is 188 Å². The average molecular weight is 448 g/mol. The highest BCUT2D eigenvalue weighted by atomic mass is 19.1. The normalized spacial score (nSPS) is 15.7. The van der Waals surface area contributed by atoms with Crippen LogP contribution < -0.4 is 4.74 Å². The van der Waals surface area contributed by atoms with Crippen LogP contribution >= 0.6 is 0 Å². The first kappa shape index (κ1) is 20.8. The maximum atomic E-state index is 14.1. The van der Waals surface area contributed by atoms with E-state index >= 15 is 0 Å². The van der Waals surface area contributed by atoms with Gasteiger partial charge in [-0.15, -0.1) is 0 Å². The van der Waals surface area contributed by atoms with Gasteiger partial charge in [-0.1, -0.05) is 23.4 Å². The molecule has 4 aromatic rings. The summed E-state index contributed by atoms with van der Waals surface area (Å²) in [4.78, 5) is 21.3. The van der Waals surface area contributed by atoms with Crippen molar-refractivity contribution in [2.45, 2.75) is 25.8 Å². The minimum Gasteiger partial charge on any atom is -0.493 e. The third-order valence-electron chi connectivity index (χ3n) is 5.74. The third-order valence-corrected chi connectivity index (χ3v) is 5.74. The lowest BCUT2D eigenvalue weighted by atomic mass is 10.1. The summed E-state index contributed by atoms with van der Waals surface area (Å²) in [6.07, 6.45) is 4.60. The zero-order chi connectivity index (χ0) is 22.9. The number of carbonyl (C=O) groups is 1. The van der Waals surface area contributed by atoms with Crippen molar-refractivity contribution in [3.8, 4) is 22.8 Å². The van der Waals surface area contributed by atoms with Gasteiger partial charge in [0, 0.05) is 6.54 Å². The van der Waals surface area contributed by atoms with E-state index < -0.39 is 11.9 Å². The number of benzene rings is 2. The minimum absolute atomic E-state index is 0.0420. The van der Waals surface area contributed by atoms with Crippen molar-refractivity contribution in [1.82, 2.24) is 30.0 Å². The van der Waals surface area contributed by atoms with Gasteiger partial charge in [0.2, 0.25) is 11.7 Å². The van der Waals surface area contributed by atoms with Gasteiger partial charge >= 0.3 is 0 Å². The van der Waals surface area contributed by atoms with E-state index in [-0.39, 0.29) is 17.5 Å². The number of rotatable bonds is 5.